The highest BCUT2D eigenvalue weighted by Crippen LogP contribution is 2.05. The molecule has 0 amide bonds. The Morgan fingerprint density at radius 3 is 2.69 bits per heavy atom. The molecule has 3 heteroatoms. The molecule has 0 radical (unpaired) electrons. The molecule has 0 aliphatic carbocycles. The van der Waals surface area contributed by atoms with E-state index in [1.165, 1.54) is 0 Å². The molecule has 0 aromatic heterocycles. The zero-order chi connectivity index (χ0) is 9.52. The number of hydrogen-bond acceptors (Lipinski definition) is 3. The number of allylic oxidation sites excluding steroid dienone is 2. The topological polar surface area (TPSA) is 27.6 Å². The van der Waals surface area contributed by atoms with Gasteiger partial charge in [-0.2, -0.15) is 0 Å². The summed E-state index contributed by atoms with van der Waals surface area (Å²) in [7, 11) is 1.77. The third-order valence-corrected chi connectivity index (χ3v) is 2.09. The molecule has 0 atom stereocenters. The van der Waals surface area contributed by atoms with Crippen LogP contribution in [0.25, 0.3) is 0 Å². The Bertz CT molecular complexity index is 212. The lowest BCUT2D eigenvalue weighted by Gasteiger charge is -2.29. The van der Waals surface area contributed by atoms with E-state index in [1.54, 1.807) is 13.3 Å². The number of nitrogens with one attached hydrogen (secondary N) is 1. The van der Waals surface area contributed by atoms with Crippen LogP contribution in [0.4, 0.5) is 0 Å². The fourth-order valence-electron chi connectivity index (χ4n) is 1.38. The molecule has 1 saturated heterocycles. The first-order chi connectivity index (χ1) is 6.38. The average molecular weight is 179 g/mol. The molecule has 1 aliphatic heterocycles. The van der Waals surface area contributed by atoms with Gasteiger partial charge in [0.15, 0.2) is 0 Å². The molecule has 0 aromatic carbocycles. The Hall–Kier alpha value is -1.09. The molecule has 0 bridgehead atoms. The largest absolute Gasteiger partial charge is 0.369 e. The number of rotatable bonds is 3. The van der Waals surface area contributed by atoms with Crippen LogP contribution in [0, 0.1) is 0 Å². The van der Waals surface area contributed by atoms with Gasteiger partial charge in [-0.25, -0.2) is 0 Å². The van der Waals surface area contributed by atoms with Crippen LogP contribution in [0.3, 0.4) is 0 Å². The monoisotopic (exact) mass is 179 g/mol. The minimum absolute atomic E-state index is 1.05. The van der Waals surface area contributed by atoms with Crippen molar-refractivity contribution in [3.63, 3.8) is 0 Å². The van der Waals surface area contributed by atoms with E-state index in [-0.39, 0.29) is 0 Å². The van der Waals surface area contributed by atoms with Crippen molar-refractivity contribution in [1.29, 1.82) is 0 Å². The van der Waals surface area contributed by atoms with Gasteiger partial charge in [0, 0.05) is 45.1 Å². The van der Waals surface area contributed by atoms with Crippen LogP contribution in [0.2, 0.25) is 0 Å². The summed E-state index contributed by atoms with van der Waals surface area (Å²) in [4.78, 5) is 6.24. The summed E-state index contributed by atoms with van der Waals surface area (Å²) >= 11 is 0. The molecule has 13 heavy (non-hydrogen) atoms. The quantitative estimate of drug-likeness (QED) is 0.509. The summed E-state index contributed by atoms with van der Waals surface area (Å²) in [6.07, 6.45) is 5.68. The SMILES string of the molecule is C=C/C(=C\C=N/C)N1CCNCC1. The molecule has 1 heterocycles. The van der Waals surface area contributed by atoms with Gasteiger partial charge in [-0.15, -0.1) is 0 Å². The second-order valence-electron chi connectivity index (χ2n) is 2.94. The van der Waals surface area contributed by atoms with Crippen molar-refractivity contribution in [3.05, 3.63) is 24.4 Å². The predicted octanol–water partition coefficient (Wildman–Crippen LogP) is 0.662. The van der Waals surface area contributed by atoms with Crippen LogP contribution in [-0.4, -0.2) is 44.3 Å². The lowest BCUT2D eigenvalue weighted by Crippen LogP contribution is -2.42. The third kappa shape index (κ3) is 3.03. The van der Waals surface area contributed by atoms with E-state index in [0.717, 1.165) is 31.9 Å². The zero-order valence-corrected chi connectivity index (χ0v) is 8.16. The minimum Gasteiger partial charge on any atom is -0.369 e. The maximum absolute atomic E-state index is 3.93. The van der Waals surface area contributed by atoms with E-state index in [2.05, 4.69) is 21.8 Å². The normalized spacial score (nSPS) is 19.5. The van der Waals surface area contributed by atoms with Gasteiger partial charge in [0.25, 0.3) is 0 Å². The second kappa shape index (κ2) is 5.54. The van der Waals surface area contributed by atoms with Crippen molar-refractivity contribution in [3.8, 4) is 0 Å². The minimum atomic E-state index is 1.05. The van der Waals surface area contributed by atoms with Crippen LogP contribution in [0.5, 0.6) is 0 Å². The summed E-state index contributed by atoms with van der Waals surface area (Å²) in [5, 5.41) is 3.31. The standard InChI is InChI=1S/C10H17N3/c1-3-10(4-5-11-2)13-8-6-12-7-9-13/h3-5,12H,1,6-9H2,2H3/b10-4+,11-5-. The molecule has 1 N–H and O–H groups in total. The number of nitrogens with zero attached hydrogens (tertiary/aromatic N) is 2. The van der Waals surface area contributed by atoms with Crippen molar-refractivity contribution < 1.29 is 0 Å². The molecular weight excluding hydrogens is 162 g/mol. The number of hydrogen-bond donors (Lipinski definition) is 1. The van der Waals surface area contributed by atoms with Crippen LogP contribution in [0.15, 0.2) is 29.4 Å². The van der Waals surface area contributed by atoms with Gasteiger partial charge in [0.2, 0.25) is 0 Å². The molecule has 0 spiro atoms. The van der Waals surface area contributed by atoms with E-state index in [0.29, 0.717) is 0 Å². The Kier molecular flexibility index (Phi) is 4.26. The van der Waals surface area contributed by atoms with Gasteiger partial charge in [0.1, 0.15) is 0 Å². The fourth-order valence-corrected chi connectivity index (χ4v) is 1.38. The van der Waals surface area contributed by atoms with Crippen molar-refractivity contribution in [2.75, 3.05) is 33.2 Å². The van der Waals surface area contributed by atoms with Crippen LogP contribution in [-0.2, 0) is 0 Å². The van der Waals surface area contributed by atoms with Crippen molar-refractivity contribution in [2.24, 2.45) is 4.99 Å². The summed E-state index contributed by atoms with van der Waals surface area (Å²) < 4.78 is 0. The summed E-state index contributed by atoms with van der Waals surface area (Å²) in [6.45, 7) is 8.00. The smallest absolute Gasteiger partial charge is 0.0376 e. The Balaban J connectivity index is 2.58. The highest BCUT2D eigenvalue weighted by Gasteiger charge is 2.09. The average Bonchev–Trinajstić information content (AvgIpc) is 2.21. The van der Waals surface area contributed by atoms with Crippen molar-refractivity contribution in [1.82, 2.24) is 10.2 Å². The fraction of sp³-hybridized carbons (Fsp3) is 0.500. The summed E-state index contributed by atoms with van der Waals surface area (Å²) in [6, 6.07) is 0. The first-order valence-corrected chi connectivity index (χ1v) is 4.59. The lowest BCUT2D eigenvalue weighted by atomic mass is 10.3. The Morgan fingerprint density at radius 2 is 2.15 bits per heavy atom. The van der Waals surface area contributed by atoms with E-state index in [4.69, 9.17) is 0 Å². The molecule has 1 rings (SSSR count). The number of piperazine rings is 1. The van der Waals surface area contributed by atoms with Crippen LogP contribution in [0.1, 0.15) is 0 Å². The van der Waals surface area contributed by atoms with Gasteiger partial charge in [-0.3, -0.25) is 4.99 Å². The molecule has 72 valence electrons. The third-order valence-electron chi connectivity index (χ3n) is 2.09. The predicted molar refractivity (Wildman–Crippen MR) is 57.1 cm³/mol. The molecule has 3 nitrogen and oxygen atoms in total. The highest BCUT2D eigenvalue weighted by atomic mass is 15.2. The second-order valence-corrected chi connectivity index (χ2v) is 2.94. The van der Waals surface area contributed by atoms with E-state index < -0.39 is 0 Å². The van der Waals surface area contributed by atoms with E-state index in [1.807, 2.05) is 12.2 Å². The van der Waals surface area contributed by atoms with Gasteiger partial charge >= 0.3 is 0 Å². The van der Waals surface area contributed by atoms with Gasteiger partial charge in [-0.05, 0) is 12.2 Å². The van der Waals surface area contributed by atoms with Gasteiger partial charge in [-0.1, -0.05) is 6.58 Å². The molecular formula is C10H17N3. The number of aliphatic imine (C=N–C) groups is 1. The summed E-state index contributed by atoms with van der Waals surface area (Å²) in [5.74, 6) is 0. The zero-order valence-electron chi connectivity index (χ0n) is 8.16. The lowest BCUT2D eigenvalue weighted by molar-refractivity contribution is 0.308. The molecule has 0 aromatic rings. The maximum Gasteiger partial charge on any atom is 0.0376 e. The highest BCUT2D eigenvalue weighted by molar-refractivity contribution is 5.72. The van der Waals surface area contributed by atoms with E-state index in [9.17, 15) is 0 Å². The van der Waals surface area contributed by atoms with E-state index >= 15 is 0 Å². The van der Waals surface area contributed by atoms with Gasteiger partial charge < -0.3 is 10.2 Å². The van der Waals surface area contributed by atoms with Crippen LogP contribution < -0.4 is 5.32 Å². The van der Waals surface area contributed by atoms with Crippen molar-refractivity contribution in [2.45, 2.75) is 0 Å². The first-order valence-electron chi connectivity index (χ1n) is 4.59. The molecule has 0 unspecified atom stereocenters. The van der Waals surface area contributed by atoms with Gasteiger partial charge in [0.05, 0.1) is 0 Å². The molecule has 1 aliphatic rings. The van der Waals surface area contributed by atoms with Crippen LogP contribution >= 0.6 is 0 Å². The first kappa shape index (κ1) is 9.99. The summed E-state index contributed by atoms with van der Waals surface area (Å²) in [5.41, 5.74) is 1.16. The Morgan fingerprint density at radius 1 is 1.46 bits per heavy atom. The molecule has 1 fully saturated rings. The molecule has 0 saturated carbocycles. The van der Waals surface area contributed by atoms with Crippen molar-refractivity contribution >= 4 is 6.21 Å². The Labute approximate surface area is 79.8 Å². The maximum atomic E-state index is 3.93.